The van der Waals surface area contributed by atoms with E-state index in [2.05, 4.69) is 5.32 Å². The average Bonchev–Trinajstić information content (AvgIpc) is 2.86. The number of hydrogen-bond donors (Lipinski definition) is 1. The fourth-order valence-electron chi connectivity index (χ4n) is 2.42. The zero-order valence-corrected chi connectivity index (χ0v) is 10.1. The van der Waals surface area contributed by atoms with Gasteiger partial charge >= 0.3 is 6.18 Å². The molecule has 2 aromatic rings. The van der Waals surface area contributed by atoms with Gasteiger partial charge in [-0.25, -0.2) is 0 Å². The lowest BCUT2D eigenvalue weighted by molar-refractivity contribution is -0.137. The van der Waals surface area contributed by atoms with Crippen molar-refractivity contribution < 1.29 is 13.2 Å². The van der Waals surface area contributed by atoms with E-state index in [4.69, 9.17) is 0 Å². The predicted molar refractivity (Wildman–Crippen MR) is 69.1 cm³/mol. The van der Waals surface area contributed by atoms with Gasteiger partial charge in [0.2, 0.25) is 0 Å². The number of para-hydroxylation sites is 1. The molecule has 0 spiro atoms. The number of hydrogen-bond acceptors (Lipinski definition) is 1. The molecule has 0 saturated carbocycles. The Morgan fingerprint density at radius 2 is 1.68 bits per heavy atom. The van der Waals surface area contributed by atoms with E-state index in [1.54, 1.807) is 0 Å². The van der Waals surface area contributed by atoms with Gasteiger partial charge in [-0.05, 0) is 29.7 Å². The Hall–Kier alpha value is -1.97. The Kier molecular flexibility index (Phi) is 2.73. The van der Waals surface area contributed by atoms with E-state index in [0.717, 1.165) is 41.9 Å². The highest BCUT2D eigenvalue weighted by atomic mass is 19.4. The number of fused-ring (bicyclic) bond motifs is 1. The van der Waals surface area contributed by atoms with Crippen LogP contribution in [0.25, 0.3) is 11.1 Å². The van der Waals surface area contributed by atoms with Gasteiger partial charge in [-0.15, -0.1) is 0 Å². The number of alkyl halides is 3. The summed E-state index contributed by atoms with van der Waals surface area (Å²) in [5.74, 6) is 0. The second kappa shape index (κ2) is 4.30. The molecule has 0 saturated heterocycles. The molecule has 0 aliphatic carbocycles. The fraction of sp³-hybridized carbons (Fsp3) is 0.200. The normalized spacial score (nSPS) is 14.1. The first-order valence-electron chi connectivity index (χ1n) is 6.09. The Balaban J connectivity index is 2.02. The largest absolute Gasteiger partial charge is 0.416 e. The van der Waals surface area contributed by atoms with Crippen LogP contribution in [-0.4, -0.2) is 6.54 Å². The van der Waals surface area contributed by atoms with Gasteiger partial charge in [0, 0.05) is 17.8 Å². The molecule has 19 heavy (non-hydrogen) atoms. The minimum absolute atomic E-state index is 0.614. The van der Waals surface area contributed by atoms with Crippen molar-refractivity contribution in [2.75, 3.05) is 11.9 Å². The molecule has 0 fully saturated rings. The zero-order chi connectivity index (χ0) is 13.5. The molecule has 1 N–H and O–H groups in total. The van der Waals surface area contributed by atoms with Crippen LogP contribution in [-0.2, 0) is 12.6 Å². The summed E-state index contributed by atoms with van der Waals surface area (Å²) in [6.45, 7) is 0.882. The Labute approximate surface area is 109 Å². The minimum Gasteiger partial charge on any atom is -0.384 e. The molecule has 0 amide bonds. The standard InChI is InChI=1S/C15H12F3N/c16-15(17,18)12-6-4-10(5-7-12)13-3-1-2-11-8-9-19-14(11)13/h1-7,19H,8-9H2. The average molecular weight is 263 g/mol. The fourth-order valence-corrected chi connectivity index (χ4v) is 2.42. The summed E-state index contributed by atoms with van der Waals surface area (Å²) in [5, 5.41) is 3.29. The summed E-state index contributed by atoms with van der Waals surface area (Å²) in [7, 11) is 0. The van der Waals surface area contributed by atoms with Gasteiger partial charge in [0.1, 0.15) is 0 Å². The first-order valence-corrected chi connectivity index (χ1v) is 6.09. The van der Waals surface area contributed by atoms with Crippen molar-refractivity contribution in [2.24, 2.45) is 0 Å². The van der Waals surface area contributed by atoms with Crippen LogP contribution in [0.4, 0.5) is 18.9 Å². The predicted octanol–water partition coefficient (Wildman–Crippen LogP) is 4.34. The molecule has 0 bridgehead atoms. The molecule has 3 rings (SSSR count). The Bertz CT molecular complexity index is 600. The molecular weight excluding hydrogens is 251 g/mol. The molecule has 0 radical (unpaired) electrons. The third-order valence-corrected chi connectivity index (χ3v) is 3.37. The highest BCUT2D eigenvalue weighted by Gasteiger charge is 2.30. The van der Waals surface area contributed by atoms with Gasteiger partial charge in [-0.3, -0.25) is 0 Å². The van der Waals surface area contributed by atoms with E-state index in [9.17, 15) is 13.2 Å². The monoisotopic (exact) mass is 263 g/mol. The third kappa shape index (κ3) is 2.18. The van der Waals surface area contributed by atoms with Crippen LogP contribution in [0.5, 0.6) is 0 Å². The van der Waals surface area contributed by atoms with Crippen molar-refractivity contribution in [3.8, 4) is 11.1 Å². The molecule has 0 unspecified atom stereocenters. The van der Waals surface area contributed by atoms with E-state index >= 15 is 0 Å². The number of rotatable bonds is 1. The van der Waals surface area contributed by atoms with Crippen molar-refractivity contribution in [2.45, 2.75) is 12.6 Å². The lowest BCUT2D eigenvalue weighted by atomic mass is 9.99. The zero-order valence-electron chi connectivity index (χ0n) is 10.1. The number of anilines is 1. The van der Waals surface area contributed by atoms with Crippen LogP contribution >= 0.6 is 0 Å². The second-order valence-electron chi connectivity index (χ2n) is 4.59. The number of halogens is 3. The van der Waals surface area contributed by atoms with Crippen molar-refractivity contribution in [3.63, 3.8) is 0 Å². The van der Waals surface area contributed by atoms with E-state index < -0.39 is 11.7 Å². The molecule has 4 heteroatoms. The van der Waals surface area contributed by atoms with Crippen molar-refractivity contribution >= 4 is 5.69 Å². The first kappa shape index (κ1) is 12.1. The van der Waals surface area contributed by atoms with Crippen molar-refractivity contribution in [1.82, 2.24) is 0 Å². The summed E-state index contributed by atoms with van der Waals surface area (Å²) in [6.07, 6.45) is -3.32. The van der Waals surface area contributed by atoms with E-state index in [0.29, 0.717) is 0 Å². The van der Waals surface area contributed by atoms with Gasteiger partial charge in [0.25, 0.3) is 0 Å². The van der Waals surface area contributed by atoms with E-state index in [-0.39, 0.29) is 0 Å². The van der Waals surface area contributed by atoms with Crippen LogP contribution < -0.4 is 5.32 Å². The second-order valence-corrected chi connectivity index (χ2v) is 4.59. The summed E-state index contributed by atoms with van der Waals surface area (Å²) in [4.78, 5) is 0. The van der Waals surface area contributed by atoms with Crippen molar-refractivity contribution in [3.05, 3.63) is 53.6 Å². The van der Waals surface area contributed by atoms with Crippen LogP contribution in [0, 0.1) is 0 Å². The smallest absolute Gasteiger partial charge is 0.384 e. The van der Waals surface area contributed by atoms with Crippen LogP contribution in [0.3, 0.4) is 0 Å². The molecule has 1 nitrogen and oxygen atoms in total. The quantitative estimate of drug-likeness (QED) is 0.807. The summed E-state index contributed by atoms with van der Waals surface area (Å²) in [5.41, 5.74) is 3.42. The summed E-state index contributed by atoms with van der Waals surface area (Å²) in [6, 6.07) is 11.2. The highest BCUT2D eigenvalue weighted by Crippen LogP contribution is 2.36. The summed E-state index contributed by atoms with van der Waals surface area (Å²) >= 11 is 0. The maximum Gasteiger partial charge on any atom is 0.416 e. The van der Waals surface area contributed by atoms with E-state index in [1.807, 2.05) is 18.2 Å². The molecule has 1 aliphatic heterocycles. The van der Waals surface area contributed by atoms with Gasteiger partial charge < -0.3 is 5.32 Å². The molecule has 0 aromatic heterocycles. The molecular formula is C15H12F3N. The minimum atomic E-state index is -4.28. The topological polar surface area (TPSA) is 12.0 Å². The summed E-state index contributed by atoms with van der Waals surface area (Å²) < 4.78 is 37.6. The molecule has 98 valence electrons. The first-order chi connectivity index (χ1) is 9.05. The molecule has 2 aromatic carbocycles. The number of benzene rings is 2. The van der Waals surface area contributed by atoms with E-state index in [1.165, 1.54) is 17.7 Å². The Morgan fingerprint density at radius 3 is 2.37 bits per heavy atom. The van der Waals surface area contributed by atoms with Gasteiger partial charge in [-0.1, -0.05) is 30.3 Å². The van der Waals surface area contributed by atoms with Gasteiger partial charge in [0.15, 0.2) is 0 Å². The lowest BCUT2D eigenvalue weighted by Gasteiger charge is -2.11. The van der Waals surface area contributed by atoms with Crippen LogP contribution in [0.2, 0.25) is 0 Å². The lowest BCUT2D eigenvalue weighted by Crippen LogP contribution is -2.04. The molecule has 1 heterocycles. The maximum absolute atomic E-state index is 12.5. The van der Waals surface area contributed by atoms with Gasteiger partial charge in [0.05, 0.1) is 5.56 Å². The molecule has 0 atom stereocenters. The third-order valence-electron chi connectivity index (χ3n) is 3.37. The van der Waals surface area contributed by atoms with Gasteiger partial charge in [-0.2, -0.15) is 13.2 Å². The van der Waals surface area contributed by atoms with Crippen molar-refractivity contribution in [1.29, 1.82) is 0 Å². The molecule has 1 aliphatic rings. The van der Waals surface area contributed by atoms with Crippen LogP contribution in [0.15, 0.2) is 42.5 Å². The maximum atomic E-state index is 12.5. The SMILES string of the molecule is FC(F)(F)c1ccc(-c2cccc3c2NCC3)cc1. The number of nitrogens with one attached hydrogen (secondary N) is 1. The Morgan fingerprint density at radius 1 is 0.947 bits per heavy atom. The highest BCUT2D eigenvalue weighted by molar-refractivity contribution is 5.81. The van der Waals surface area contributed by atoms with Crippen LogP contribution in [0.1, 0.15) is 11.1 Å².